The van der Waals surface area contributed by atoms with Crippen LogP contribution in [0.4, 0.5) is 13.2 Å². The first-order valence-electron chi connectivity index (χ1n) is 5.63. The van der Waals surface area contributed by atoms with Gasteiger partial charge in [-0.1, -0.05) is 23.7 Å². The summed E-state index contributed by atoms with van der Waals surface area (Å²) in [6.45, 7) is -0.460. The molecule has 0 heterocycles. The predicted octanol–water partition coefficient (Wildman–Crippen LogP) is 4.22. The number of benzene rings is 2. The van der Waals surface area contributed by atoms with E-state index in [1.807, 2.05) is 0 Å². The second-order valence-corrected chi connectivity index (χ2v) is 4.61. The van der Waals surface area contributed by atoms with Crippen molar-refractivity contribution in [3.8, 4) is 16.9 Å². The number of phenols is 1. The first-order chi connectivity index (χ1) is 9.32. The topological polar surface area (TPSA) is 40.5 Å². The van der Waals surface area contributed by atoms with Gasteiger partial charge in [-0.3, -0.25) is 0 Å². The fourth-order valence-electron chi connectivity index (χ4n) is 1.82. The molecule has 0 spiro atoms. The molecule has 6 heteroatoms. The molecule has 20 heavy (non-hydrogen) atoms. The summed E-state index contributed by atoms with van der Waals surface area (Å²) in [5, 5.41) is 18.7. The fraction of sp³-hybridized carbons (Fsp3) is 0.143. The molecule has 0 saturated carbocycles. The molecule has 0 amide bonds. The van der Waals surface area contributed by atoms with Crippen LogP contribution in [0, 0.1) is 0 Å². The van der Waals surface area contributed by atoms with Crippen molar-refractivity contribution in [2.24, 2.45) is 0 Å². The van der Waals surface area contributed by atoms with Gasteiger partial charge in [0.25, 0.3) is 0 Å². The van der Waals surface area contributed by atoms with Gasteiger partial charge in [-0.2, -0.15) is 13.2 Å². The molecule has 2 nitrogen and oxygen atoms in total. The Morgan fingerprint density at radius 1 is 1.05 bits per heavy atom. The lowest BCUT2D eigenvalue weighted by molar-refractivity contribution is -0.137. The van der Waals surface area contributed by atoms with Crippen LogP contribution in [0.3, 0.4) is 0 Å². The van der Waals surface area contributed by atoms with Gasteiger partial charge in [0.15, 0.2) is 0 Å². The summed E-state index contributed by atoms with van der Waals surface area (Å²) in [6.07, 6.45) is -4.43. The Morgan fingerprint density at radius 3 is 2.35 bits per heavy atom. The van der Waals surface area contributed by atoms with Gasteiger partial charge in [0.05, 0.1) is 17.2 Å². The van der Waals surface area contributed by atoms with Crippen molar-refractivity contribution < 1.29 is 23.4 Å². The zero-order valence-corrected chi connectivity index (χ0v) is 10.8. The van der Waals surface area contributed by atoms with Crippen molar-refractivity contribution in [3.05, 3.63) is 52.5 Å². The molecule has 0 aromatic heterocycles. The van der Waals surface area contributed by atoms with Crippen molar-refractivity contribution >= 4 is 11.6 Å². The van der Waals surface area contributed by atoms with Crippen LogP contribution in [-0.2, 0) is 12.8 Å². The monoisotopic (exact) mass is 302 g/mol. The molecular formula is C14H10ClF3O2. The summed E-state index contributed by atoms with van der Waals surface area (Å²) < 4.78 is 38.0. The average molecular weight is 303 g/mol. The number of aliphatic hydroxyl groups excluding tert-OH is 1. The van der Waals surface area contributed by atoms with Gasteiger partial charge in [0.1, 0.15) is 5.75 Å². The van der Waals surface area contributed by atoms with E-state index in [9.17, 15) is 18.3 Å². The van der Waals surface area contributed by atoms with Gasteiger partial charge in [-0.05, 0) is 35.4 Å². The van der Waals surface area contributed by atoms with Crippen molar-refractivity contribution in [2.45, 2.75) is 12.8 Å². The minimum Gasteiger partial charge on any atom is -0.506 e. The van der Waals surface area contributed by atoms with E-state index in [1.165, 1.54) is 24.3 Å². The maximum atomic E-state index is 12.7. The summed E-state index contributed by atoms with van der Waals surface area (Å²) in [5.41, 5.74) is 0.0778. The third-order valence-corrected chi connectivity index (χ3v) is 3.12. The number of aromatic hydroxyl groups is 1. The summed E-state index contributed by atoms with van der Waals surface area (Å²) in [4.78, 5) is 0. The Hall–Kier alpha value is -1.72. The van der Waals surface area contributed by atoms with Crippen LogP contribution in [-0.4, -0.2) is 10.2 Å². The zero-order chi connectivity index (χ0) is 14.9. The molecule has 2 rings (SSSR count). The molecule has 0 aliphatic carbocycles. The predicted molar refractivity (Wildman–Crippen MR) is 69.5 cm³/mol. The van der Waals surface area contributed by atoms with Gasteiger partial charge in [-0.15, -0.1) is 0 Å². The van der Waals surface area contributed by atoms with Crippen LogP contribution in [0.2, 0.25) is 5.02 Å². The van der Waals surface area contributed by atoms with Gasteiger partial charge >= 0.3 is 6.18 Å². The molecule has 0 saturated heterocycles. The lowest BCUT2D eigenvalue weighted by Gasteiger charge is -2.11. The third-order valence-electron chi connectivity index (χ3n) is 2.84. The molecule has 0 atom stereocenters. The average Bonchev–Trinajstić information content (AvgIpc) is 2.41. The minimum absolute atomic E-state index is 0.0241. The summed E-state index contributed by atoms with van der Waals surface area (Å²) in [7, 11) is 0. The van der Waals surface area contributed by atoms with E-state index >= 15 is 0 Å². The molecule has 0 unspecified atom stereocenters. The first kappa shape index (κ1) is 14.7. The van der Waals surface area contributed by atoms with E-state index in [2.05, 4.69) is 0 Å². The Balaban J connectivity index is 2.55. The van der Waals surface area contributed by atoms with Gasteiger partial charge in [-0.25, -0.2) is 0 Å². The molecule has 0 fully saturated rings. The van der Waals surface area contributed by atoms with Crippen molar-refractivity contribution in [1.82, 2.24) is 0 Å². The molecule has 0 bridgehead atoms. The normalized spacial score (nSPS) is 11.7. The van der Waals surface area contributed by atoms with Crippen molar-refractivity contribution in [3.63, 3.8) is 0 Å². The van der Waals surface area contributed by atoms with Gasteiger partial charge in [0, 0.05) is 5.56 Å². The smallest absolute Gasteiger partial charge is 0.416 e. The fourth-order valence-corrected chi connectivity index (χ4v) is 2.06. The first-order valence-corrected chi connectivity index (χ1v) is 6.00. The summed E-state index contributed by atoms with van der Waals surface area (Å²) in [5.74, 6) is -0.273. The third kappa shape index (κ3) is 2.89. The van der Waals surface area contributed by atoms with Crippen LogP contribution >= 0.6 is 11.6 Å². The van der Waals surface area contributed by atoms with Crippen LogP contribution in [0.1, 0.15) is 11.1 Å². The van der Waals surface area contributed by atoms with E-state index in [0.29, 0.717) is 11.1 Å². The van der Waals surface area contributed by atoms with E-state index in [0.717, 1.165) is 12.1 Å². The Labute approximate surface area is 118 Å². The highest BCUT2D eigenvalue weighted by atomic mass is 35.5. The van der Waals surface area contributed by atoms with Crippen LogP contribution in [0.25, 0.3) is 11.1 Å². The number of aliphatic hydroxyl groups is 1. The van der Waals surface area contributed by atoms with Crippen LogP contribution in [0.15, 0.2) is 36.4 Å². The highest BCUT2D eigenvalue weighted by molar-refractivity contribution is 6.32. The molecule has 2 N–H and O–H groups in total. The molecular weight excluding hydrogens is 293 g/mol. The lowest BCUT2D eigenvalue weighted by atomic mass is 10.0. The molecule has 2 aromatic carbocycles. The maximum Gasteiger partial charge on any atom is 0.416 e. The highest BCUT2D eigenvalue weighted by Crippen LogP contribution is 2.36. The number of rotatable bonds is 2. The molecule has 0 radical (unpaired) electrons. The van der Waals surface area contributed by atoms with E-state index in [-0.39, 0.29) is 16.3 Å². The molecule has 2 aromatic rings. The number of hydrogen-bond acceptors (Lipinski definition) is 2. The van der Waals surface area contributed by atoms with Gasteiger partial charge < -0.3 is 10.2 Å². The van der Waals surface area contributed by atoms with Crippen LogP contribution < -0.4 is 0 Å². The highest BCUT2D eigenvalue weighted by Gasteiger charge is 2.30. The largest absolute Gasteiger partial charge is 0.506 e. The molecule has 0 aliphatic rings. The van der Waals surface area contributed by atoms with Crippen LogP contribution in [0.5, 0.6) is 5.75 Å². The Kier molecular flexibility index (Phi) is 3.92. The second-order valence-electron chi connectivity index (χ2n) is 4.20. The Bertz CT molecular complexity index is 639. The quantitative estimate of drug-likeness (QED) is 0.872. The SMILES string of the molecule is OCc1cc(-c2cccc(C(F)(F)F)c2)cc(Cl)c1O. The number of alkyl halides is 3. The minimum atomic E-state index is -4.43. The standard InChI is InChI=1S/C14H10ClF3O2/c15-12-6-9(4-10(7-19)13(12)20)8-2-1-3-11(5-8)14(16,17)18/h1-6,19-20H,7H2. The zero-order valence-electron chi connectivity index (χ0n) is 10.1. The van der Waals surface area contributed by atoms with E-state index in [4.69, 9.17) is 16.7 Å². The summed E-state index contributed by atoms with van der Waals surface area (Å²) in [6, 6.07) is 7.50. The molecule has 0 aliphatic heterocycles. The van der Waals surface area contributed by atoms with E-state index in [1.54, 1.807) is 0 Å². The number of hydrogen-bond donors (Lipinski definition) is 2. The Morgan fingerprint density at radius 2 is 1.75 bits per heavy atom. The second kappa shape index (κ2) is 5.34. The maximum absolute atomic E-state index is 12.7. The van der Waals surface area contributed by atoms with Crippen molar-refractivity contribution in [1.29, 1.82) is 0 Å². The summed E-state index contributed by atoms with van der Waals surface area (Å²) >= 11 is 5.79. The molecule has 106 valence electrons. The van der Waals surface area contributed by atoms with Crippen molar-refractivity contribution in [2.75, 3.05) is 0 Å². The number of halogens is 4. The lowest BCUT2D eigenvalue weighted by Crippen LogP contribution is -2.04. The van der Waals surface area contributed by atoms with E-state index < -0.39 is 18.3 Å². The van der Waals surface area contributed by atoms with Gasteiger partial charge in [0.2, 0.25) is 0 Å².